The predicted molar refractivity (Wildman–Crippen MR) is 44.8 cm³/mol. The Morgan fingerprint density at radius 3 is 2.00 bits per heavy atom. The molecule has 52 valence electrons. The van der Waals surface area contributed by atoms with Gasteiger partial charge < -0.3 is 0 Å². The zero-order valence-corrected chi connectivity index (χ0v) is 7.83. The second-order valence-corrected chi connectivity index (χ2v) is 4.24. The van der Waals surface area contributed by atoms with Gasteiger partial charge in [0.15, 0.2) is 0 Å². The van der Waals surface area contributed by atoms with Crippen LogP contribution in [0.5, 0.6) is 0 Å². The third-order valence-electron chi connectivity index (χ3n) is 2.64. The second kappa shape index (κ2) is 1.85. The Kier molecular flexibility index (Phi) is 1.51. The van der Waals surface area contributed by atoms with Crippen LogP contribution in [-0.4, -0.2) is 4.83 Å². The Morgan fingerprint density at radius 1 is 1.67 bits per heavy atom. The lowest BCUT2D eigenvalue weighted by atomic mass is 9.94. The molecule has 0 spiro atoms. The van der Waals surface area contributed by atoms with Crippen molar-refractivity contribution >= 4 is 15.9 Å². The topological polar surface area (TPSA) is 0 Å². The lowest BCUT2D eigenvalue weighted by Crippen LogP contribution is -2.06. The van der Waals surface area contributed by atoms with Crippen LogP contribution in [0.25, 0.3) is 0 Å². The van der Waals surface area contributed by atoms with Gasteiger partial charge in [-0.25, -0.2) is 0 Å². The predicted octanol–water partition coefficient (Wildman–Crippen LogP) is 2.98. The number of halogens is 1. The van der Waals surface area contributed by atoms with E-state index in [0.29, 0.717) is 10.2 Å². The smallest absolute Gasteiger partial charge is 0.0451 e. The minimum Gasteiger partial charge on any atom is -0.0981 e. The molecule has 2 atom stereocenters. The van der Waals surface area contributed by atoms with E-state index >= 15 is 0 Å². The Labute approximate surface area is 65.5 Å². The molecule has 0 aromatic carbocycles. The SMILES string of the molecule is C=C1C(Br)C1(C)C(C)C. The van der Waals surface area contributed by atoms with Crippen molar-refractivity contribution in [2.75, 3.05) is 0 Å². The van der Waals surface area contributed by atoms with Gasteiger partial charge in [0, 0.05) is 10.2 Å². The molecule has 0 aromatic rings. The number of hydrogen-bond donors (Lipinski definition) is 0. The minimum atomic E-state index is 0.389. The highest BCUT2D eigenvalue weighted by atomic mass is 79.9. The van der Waals surface area contributed by atoms with Gasteiger partial charge in [-0.3, -0.25) is 0 Å². The Morgan fingerprint density at radius 2 is 2.00 bits per heavy atom. The van der Waals surface area contributed by atoms with E-state index in [0.717, 1.165) is 5.92 Å². The van der Waals surface area contributed by atoms with Crippen molar-refractivity contribution in [3.8, 4) is 0 Å². The summed E-state index contributed by atoms with van der Waals surface area (Å²) >= 11 is 3.57. The van der Waals surface area contributed by atoms with E-state index in [-0.39, 0.29) is 0 Å². The van der Waals surface area contributed by atoms with Gasteiger partial charge in [0.25, 0.3) is 0 Å². The summed E-state index contributed by atoms with van der Waals surface area (Å²) in [5, 5.41) is 0. The van der Waals surface area contributed by atoms with Crippen molar-refractivity contribution in [1.29, 1.82) is 0 Å². The third-order valence-corrected chi connectivity index (χ3v) is 4.14. The van der Waals surface area contributed by atoms with Crippen LogP contribution in [0.3, 0.4) is 0 Å². The average Bonchev–Trinajstić information content (AvgIpc) is 2.22. The van der Waals surface area contributed by atoms with Crippen molar-refractivity contribution in [2.24, 2.45) is 11.3 Å². The molecular weight excluding hydrogens is 176 g/mol. The lowest BCUT2D eigenvalue weighted by Gasteiger charge is -2.11. The first kappa shape index (κ1) is 7.33. The van der Waals surface area contributed by atoms with Crippen molar-refractivity contribution in [3.63, 3.8) is 0 Å². The molecule has 1 rings (SSSR count). The van der Waals surface area contributed by atoms with E-state index in [1.165, 1.54) is 5.57 Å². The molecule has 9 heavy (non-hydrogen) atoms. The van der Waals surface area contributed by atoms with Crippen LogP contribution in [0.4, 0.5) is 0 Å². The second-order valence-electron chi connectivity index (χ2n) is 3.33. The summed E-state index contributed by atoms with van der Waals surface area (Å²) in [5.74, 6) is 0.717. The maximum absolute atomic E-state index is 3.98. The van der Waals surface area contributed by atoms with E-state index in [2.05, 4.69) is 43.3 Å². The zero-order valence-electron chi connectivity index (χ0n) is 6.24. The van der Waals surface area contributed by atoms with E-state index < -0.39 is 0 Å². The molecule has 0 N–H and O–H groups in total. The summed E-state index contributed by atoms with van der Waals surface area (Å²) < 4.78 is 0. The fourth-order valence-corrected chi connectivity index (χ4v) is 2.33. The lowest BCUT2D eigenvalue weighted by molar-refractivity contribution is 0.424. The van der Waals surface area contributed by atoms with Crippen molar-refractivity contribution in [3.05, 3.63) is 12.2 Å². The molecule has 1 saturated carbocycles. The number of allylic oxidation sites excluding steroid dienone is 1. The summed E-state index contributed by atoms with van der Waals surface area (Å²) in [6.07, 6.45) is 0. The van der Waals surface area contributed by atoms with Gasteiger partial charge in [0.05, 0.1) is 0 Å². The number of rotatable bonds is 1. The Bertz CT molecular complexity index is 149. The summed E-state index contributed by atoms with van der Waals surface area (Å²) in [7, 11) is 0. The third kappa shape index (κ3) is 0.778. The van der Waals surface area contributed by atoms with Crippen LogP contribution >= 0.6 is 15.9 Å². The van der Waals surface area contributed by atoms with Crippen LogP contribution < -0.4 is 0 Å². The Balaban J connectivity index is 2.71. The number of alkyl halides is 1. The molecule has 0 nitrogen and oxygen atoms in total. The Hall–Kier alpha value is 0.220. The molecule has 1 aliphatic rings. The van der Waals surface area contributed by atoms with Crippen LogP contribution in [0.15, 0.2) is 12.2 Å². The zero-order chi connectivity index (χ0) is 7.23. The summed E-state index contributed by atoms with van der Waals surface area (Å²) in [4.78, 5) is 0.574. The first-order chi connectivity index (χ1) is 4.01. The quantitative estimate of drug-likeness (QED) is 0.439. The molecular formula is C8H13Br. The molecule has 0 radical (unpaired) electrons. The van der Waals surface area contributed by atoms with Crippen LogP contribution in [0.2, 0.25) is 0 Å². The van der Waals surface area contributed by atoms with Crippen LogP contribution in [0, 0.1) is 11.3 Å². The monoisotopic (exact) mass is 188 g/mol. The average molecular weight is 189 g/mol. The minimum absolute atomic E-state index is 0.389. The molecule has 0 bridgehead atoms. The first-order valence-corrected chi connectivity index (χ1v) is 4.26. The van der Waals surface area contributed by atoms with Gasteiger partial charge in [0.1, 0.15) is 0 Å². The molecule has 2 unspecified atom stereocenters. The highest BCUT2D eigenvalue weighted by molar-refractivity contribution is 9.10. The first-order valence-electron chi connectivity index (χ1n) is 3.34. The molecule has 0 saturated heterocycles. The molecule has 0 aliphatic heterocycles. The molecule has 1 heteroatoms. The van der Waals surface area contributed by atoms with Crippen LogP contribution in [-0.2, 0) is 0 Å². The van der Waals surface area contributed by atoms with Gasteiger partial charge in [-0.05, 0) is 5.92 Å². The van der Waals surface area contributed by atoms with Gasteiger partial charge >= 0.3 is 0 Å². The van der Waals surface area contributed by atoms with Gasteiger partial charge in [-0.2, -0.15) is 0 Å². The summed E-state index contributed by atoms with van der Waals surface area (Å²) in [6.45, 7) is 10.7. The van der Waals surface area contributed by atoms with Crippen molar-refractivity contribution in [1.82, 2.24) is 0 Å². The van der Waals surface area contributed by atoms with E-state index in [1.54, 1.807) is 0 Å². The molecule has 0 amide bonds. The van der Waals surface area contributed by atoms with E-state index in [1.807, 2.05) is 0 Å². The molecule has 1 fully saturated rings. The molecule has 1 aliphatic carbocycles. The summed E-state index contributed by atoms with van der Waals surface area (Å²) in [6, 6.07) is 0. The fourth-order valence-electron chi connectivity index (χ4n) is 1.15. The fraction of sp³-hybridized carbons (Fsp3) is 0.750. The number of hydrogen-bond acceptors (Lipinski definition) is 0. The maximum atomic E-state index is 3.98. The van der Waals surface area contributed by atoms with Gasteiger partial charge in [-0.15, -0.1) is 0 Å². The van der Waals surface area contributed by atoms with Gasteiger partial charge in [0.2, 0.25) is 0 Å². The highest BCUT2D eigenvalue weighted by Gasteiger charge is 2.54. The molecule has 0 heterocycles. The van der Waals surface area contributed by atoms with Crippen molar-refractivity contribution in [2.45, 2.75) is 25.6 Å². The molecule has 0 aromatic heterocycles. The van der Waals surface area contributed by atoms with Crippen LogP contribution in [0.1, 0.15) is 20.8 Å². The largest absolute Gasteiger partial charge is 0.0981 e. The normalized spacial score (nSPS) is 41.9. The van der Waals surface area contributed by atoms with Crippen molar-refractivity contribution < 1.29 is 0 Å². The van der Waals surface area contributed by atoms with E-state index in [4.69, 9.17) is 0 Å². The maximum Gasteiger partial charge on any atom is 0.0451 e. The summed E-state index contributed by atoms with van der Waals surface area (Å²) in [5.41, 5.74) is 1.75. The standard InChI is InChI=1S/C8H13Br/c1-5(2)8(4)6(3)7(8)9/h5,7H,3H2,1-2,4H3. The van der Waals surface area contributed by atoms with Gasteiger partial charge in [-0.1, -0.05) is 48.9 Å². The van der Waals surface area contributed by atoms with E-state index in [9.17, 15) is 0 Å². The highest BCUT2D eigenvalue weighted by Crippen LogP contribution is 2.60.